The van der Waals surface area contributed by atoms with E-state index in [1.165, 1.54) is 58.2 Å². The number of nitrogens with two attached hydrogens (primary N) is 1. The van der Waals surface area contributed by atoms with Gasteiger partial charge in [0.15, 0.2) is 0 Å². The van der Waals surface area contributed by atoms with Crippen molar-refractivity contribution in [2.75, 3.05) is 26.2 Å². The molecule has 0 amide bonds. The van der Waals surface area contributed by atoms with Crippen molar-refractivity contribution in [2.24, 2.45) is 17.1 Å². The van der Waals surface area contributed by atoms with Crippen molar-refractivity contribution in [3.8, 4) is 0 Å². The normalized spacial score (nSPS) is 32.0. The Morgan fingerprint density at radius 1 is 1.20 bits per heavy atom. The first kappa shape index (κ1) is 11.4. The van der Waals surface area contributed by atoms with Gasteiger partial charge in [-0.3, -0.25) is 0 Å². The highest BCUT2D eigenvalue weighted by Crippen LogP contribution is 2.40. The van der Waals surface area contributed by atoms with Crippen LogP contribution < -0.4 is 5.73 Å². The van der Waals surface area contributed by atoms with Crippen LogP contribution in [0.3, 0.4) is 0 Å². The smallest absolute Gasteiger partial charge is 0.00501 e. The maximum atomic E-state index is 5.93. The minimum Gasteiger partial charge on any atom is -0.330 e. The summed E-state index contributed by atoms with van der Waals surface area (Å²) >= 11 is 0. The quantitative estimate of drug-likeness (QED) is 0.774. The SMILES string of the molecule is CC1CCCN(CC2(CN)CCC2)CC1. The molecule has 1 saturated heterocycles. The lowest BCUT2D eigenvalue weighted by atomic mass is 9.68. The summed E-state index contributed by atoms with van der Waals surface area (Å²) in [6.45, 7) is 7.19. The van der Waals surface area contributed by atoms with E-state index in [9.17, 15) is 0 Å². The fraction of sp³-hybridized carbons (Fsp3) is 1.00. The molecule has 1 heterocycles. The average Bonchev–Trinajstić information content (AvgIpc) is 2.37. The van der Waals surface area contributed by atoms with Crippen LogP contribution in [0.4, 0.5) is 0 Å². The Morgan fingerprint density at radius 2 is 2.00 bits per heavy atom. The Bertz CT molecular complexity index is 193. The van der Waals surface area contributed by atoms with Crippen LogP contribution in [0.1, 0.15) is 45.4 Å². The molecule has 0 aromatic carbocycles. The number of likely N-dealkylation sites (tertiary alicyclic amines) is 1. The minimum atomic E-state index is 0.508. The van der Waals surface area contributed by atoms with E-state index < -0.39 is 0 Å². The van der Waals surface area contributed by atoms with Crippen LogP contribution >= 0.6 is 0 Å². The second-order valence-electron chi connectivity index (χ2n) is 5.87. The average molecular weight is 210 g/mol. The number of hydrogen-bond donors (Lipinski definition) is 1. The molecule has 2 nitrogen and oxygen atoms in total. The molecule has 1 aliphatic heterocycles. The summed E-state index contributed by atoms with van der Waals surface area (Å²) in [5.74, 6) is 0.935. The molecule has 0 aromatic rings. The van der Waals surface area contributed by atoms with Crippen molar-refractivity contribution in [2.45, 2.75) is 45.4 Å². The Kier molecular flexibility index (Phi) is 3.68. The highest BCUT2D eigenvalue weighted by Gasteiger charge is 2.37. The van der Waals surface area contributed by atoms with Gasteiger partial charge in [-0.1, -0.05) is 13.3 Å². The van der Waals surface area contributed by atoms with E-state index in [0.717, 1.165) is 12.5 Å². The van der Waals surface area contributed by atoms with Gasteiger partial charge in [-0.2, -0.15) is 0 Å². The molecule has 1 aliphatic carbocycles. The first-order chi connectivity index (χ1) is 7.24. The van der Waals surface area contributed by atoms with Crippen molar-refractivity contribution in [1.82, 2.24) is 4.90 Å². The summed E-state index contributed by atoms with van der Waals surface area (Å²) in [5, 5.41) is 0. The monoisotopic (exact) mass is 210 g/mol. The molecule has 2 fully saturated rings. The van der Waals surface area contributed by atoms with Crippen LogP contribution in [-0.2, 0) is 0 Å². The van der Waals surface area contributed by atoms with Gasteiger partial charge in [0.25, 0.3) is 0 Å². The predicted octanol–water partition coefficient (Wildman–Crippen LogP) is 2.24. The maximum Gasteiger partial charge on any atom is 0.00501 e. The van der Waals surface area contributed by atoms with Gasteiger partial charge in [0.1, 0.15) is 0 Å². The Labute approximate surface area is 94.2 Å². The third kappa shape index (κ3) is 2.73. The van der Waals surface area contributed by atoms with Crippen molar-refractivity contribution in [3.63, 3.8) is 0 Å². The molecule has 88 valence electrons. The molecule has 0 bridgehead atoms. The van der Waals surface area contributed by atoms with Gasteiger partial charge in [-0.05, 0) is 63.1 Å². The lowest BCUT2D eigenvalue weighted by molar-refractivity contribution is 0.0761. The van der Waals surface area contributed by atoms with Crippen LogP contribution in [0, 0.1) is 11.3 Å². The van der Waals surface area contributed by atoms with E-state index in [-0.39, 0.29) is 0 Å². The Hall–Kier alpha value is -0.0800. The molecule has 2 N–H and O–H groups in total. The summed E-state index contributed by atoms with van der Waals surface area (Å²) in [6, 6.07) is 0. The zero-order valence-electron chi connectivity index (χ0n) is 10.2. The summed E-state index contributed by atoms with van der Waals surface area (Å²) in [7, 11) is 0. The zero-order valence-corrected chi connectivity index (χ0v) is 10.2. The van der Waals surface area contributed by atoms with Crippen molar-refractivity contribution >= 4 is 0 Å². The van der Waals surface area contributed by atoms with Crippen LogP contribution in [0.5, 0.6) is 0 Å². The van der Waals surface area contributed by atoms with Gasteiger partial charge >= 0.3 is 0 Å². The summed E-state index contributed by atoms with van der Waals surface area (Å²) < 4.78 is 0. The molecule has 2 heteroatoms. The number of rotatable bonds is 3. The fourth-order valence-corrected chi connectivity index (χ4v) is 3.06. The Balaban J connectivity index is 1.82. The first-order valence-electron chi connectivity index (χ1n) is 6.66. The van der Waals surface area contributed by atoms with E-state index >= 15 is 0 Å². The third-order valence-corrected chi connectivity index (χ3v) is 4.52. The van der Waals surface area contributed by atoms with Gasteiger partial charge in [-0.25, -0.2) is 0 Å². The van der Waals surface area contributed by atoms with Gasteiger partial charge in [0.05, 0.1) is 0 Å². The van der Waals surface area contributed by atoms with Gasteiger partial charge in [0, 0.05) is 6.54 Å². The lowest BCUT2D eigenvalue weighted by Crippen LogP contribution is -2.47. The van der Waals surface area contributed by atoms with Gasteiger partial charge < -0.3 is 10.6 Å². The number of hydrogen-bond acceptors (Lipinski definition) is 2. The molecule has 1 unspecified atom stereocenters. The van der Waals surface area contributed by atoms with E-state index in [4.69, 9.17) is 5.73 Å². The predicted molar refractivity (Wildman–Crippen MR) is 64.8 cm³/mol. The van der Waals surface area contributed by atoms with Crippen LogP contribution in [-0.4, -0.2) is 31.1 Å². The molecule has 0 spiro atoms. The second-order valence-corrected chi connectivity index (χ2v) is 5.87. The first-order valence-corrected chi connectivity index (χ1v) is 6.66. The minimum absolute atomic E-state index is 0.508. The number of nitrogens with zero attached hydrogens (tertiary/aromatic N) is 1. The standard InChI is InChI=1S/C13H26N2/c1-12-4-2-8-15(9-5-12)11-13(10-14)6-3-7-13/h12H,2-11,14H2,1H3. The molecule has 15 heavy (non-hydrogen) atoms. The fourth-order valence-electron chi connectivity index (χ4n) is 3.06. The topological polar surface area (TPSA) is 29.3 Å². The van der Waals surface area contributed by atoms with E-state index in [1.54, 1.807) is 0 Å². The van der Waals surface area contributed by atoms with Crippen molar-refractivity contribution in [1.29, 1.82) is 0 Å². The molecule has 0 radical (unpaired) electrons. The molecule has 2 rings (SSSR count). The van der Waals surface area contributed by atoms with Gasteiger partial charge in [0.2, 0.25) is 0 Å². The molecule has 2 aliphatic rings. The molecular weight excluding hydrogens is 184 g/mol. The van der Waals surface area contributed by atoms with E-state index in [2.05, 4.69) is 11.8 Å². The summed E-state index contributed by atoms with van der Waals surface area (Å²) in [6.07, 6.45) is 8.35. The van der Waals surface area contributed by atoms with Crippen LogP contribution in [0.15, 0.2) is 0 Å². The summed E-state index contributed by atoms with van der Waals surface area (Å²) in [5.41, 5.74) is 6.43. The molecule has 1 saturated carbocycles. The van der Waals surface area contributed by atoms with Gasteiger partial charge in [-0.15, -0.1) is 0 Å². The highest BCUT2D eigenvalue weighted by atomic mass is 15.1. The zero-order chi connectivity index (χ0) is 10.7. The van der Waals surface area contributed by atoms with Crippen LogP contribution in [0.25, 0.3) is 0 Å². The third-order valence-electron chi connectivity index (χ3n) is 4.52. The highest BCUT2D eigenvalue weighted by molar-refractivity contribution is 4.91. The lowest BCUT2D eigenvalue weighted by Gasteiger charge is -2.44. The largest absolute Gasteiger partial charge is 0.330 e. The molecule has 0 aromatic heterocycles. The van der Waals surface area contributed by atoms with Crippen LogP contribution in [0.2, 0.25) is 0 Å². The molecule has 1 atom stereocenters. The van der Waals surface area contributed by atoms with Crippen molar-refractivity contribution in [3.05, 3.63) is 0 Å². The second kappa shape index (κ2) is 4.84. The molecular formula is C13H26N2. The van der Waals surface area contributed by atoms with Crippen molar-refractivity contribution < 1.29 is 0 Å². The van der Waals surface area contributed by atoms with E-state index in [1.807, 2.05) is 0 Å². The maximum absolute atomic E-state index is 5.93. The summed E-state index contributed by atoms with van der Waals surface area (Å²) in [4.78, 5) is 2.68. The van der Waals surface area contributed by atoms with E-state index in [0.29, 0.717) is 5.41 Å². The Morgan fingerprint density at radius 3 is 2.60 bits per heavy atom.